The molecule has 7 heteroatoms. The van der Waals surface area contributed by atoms with Gasteiger partial charge < -0.3 is 10.1 Å². The monoisotopic (exact) mass is 404 g/mol. The Morgan fingerprint density at radius 2 is 1.90 bits per heavy atom. The maximum absolute atomic E-state index is 12.7. The van der Waals surface area contributed by atoms with Gasteiger partial charge in [-0.05, 0) is 17.7 Å². The second-order valence-corrected chi connectivity index (χ2v) is 7.20. The Labute approximate surface area is 172 Å². The lowest BCUT2D eigenvalue weighted by atomic mass is 10.2. The molecular weight excluding hydrogens is 384 g/mol. The first kappa shape index (κ1) is 18.9. The standard InChI is InChI=1S/C22H20N4O2S/c27-22(20-8-4-5-9-21(20)28-14-19-15-29-16-24-19)23-10-18-11-25-26(13-18)12-17-6-2-1-3-7-17/h1-9,11,13,15-16H,10,12,14H2,(H,23,27). The molecule has 0 atom stereocenters. The largest absolute Gasteiger partial charge is 0.486 e. The van der Waals surface area contributed by atoms with Crippen LogP contribution in [0.2, 0.25) is 0 Å². The maximum Gasteiger partial charge on any atom is 0.255 e. The van der Waals surface area contributed by atoms with E-state index in [2.05, 4.69) is 27.5 Å². The van der Waals surface area contributed by atoms with Gasteiger partial charge in [-0.25, -0.2) is 4.98 Å². The van der Waals surface area contributed by atoms with E-state index < -0.39 is 0 Å². The van der Waals surface area contributed by atoms with Crippen molar-refractivity contribution in [2.45, 2.75) is 19.7 Å². The van der Waals surface area contributed by atoms with Gasteiger partial charge in [0.2, 0.25) is 0 Å². The van der Waals surface area contributed by atoms with Gasteiger partial charge in [0.15, 0.2) is 0 Å². The van der Waals surface area contributed by atoms with Gasteiger partial charge in [-0.1, -0.05) is 42.5 Å². The van der Waals surface area contributed by atoms with Gasteiger partial charge in [0.05, 0.1) is 29.5 Å². The number of para-hydroxylation sites is 1. The summed E-state index contributed by atoms with van der Waals surface area (Å²) in [6.45, 7) is 1.43. The van der Waals surface area contributed by atoms with Gasteiger partial charge in [-0.15, -0.1) is 11.3 Å². The van der Waals surface area contributed by atoms with E-state index in [-0.39, 0.29) is 5.91 Å². The molecule has 0 aliphatic carbocycles. The Balaban J connectivity index is 1.35. The minimum atomic E-state index is -0.185. The van der Waals surface area contributed by atoms with Crippen LogP contribution in [0.15, 0.2) is 77.9 Å². The molecule has 2 aromatic heterocycles. The van der Waals surface area contributed by atoms with Crippen molar-refractivity contribution in [1.29, 1.82) is 0 Å². The fourth-order valence-corrected chi connectivity index (χ4v) is 3.42. The molecule has 2 heterocycles. The molecule has 0 fully saturated rings. The van der Waals surface area contributed by atoms with Crippen LogP contribution in [0.5, 0.6) is 5.75 Å². The van der Waals surface area contributed by atoms with E-state index in [0.717, 1.165) is 11.3 Å². The van der Waals surface area contributed by atoms with Crippen molar-refractivity contribution in [2.24, 2.45) is 0 Å². The van der Waals surface area contributed by atoms with Gasteiger partial charge in [0, 0.05) is 23.7 Å². The summed E-state index contributed by atoms with van der Waals surface area (Å²) in [6.07, 6.45) is 3.71. The van der Waals surface area contributed by atoms with Gasteiger partial charge in [-0.3, -0.25) is 9.48 Å². The quantitative estimate of drug-likeness (QED) is 0.484. The molecule has 0 aliphatic heterocycles. The number of hydrogen-bond donors (Lipinski definition) is 1. The van der Waals surface area contributed by atoms with Crippen molar-refractivity contribution in [2.75, 3.05) is 0 Å². The molecule has 29 heavy (non-hydrogen) atoms. The number of ether oxygens (including phenoxy) is 1. The van der Waals surface area contributed by atoms with Gasteiger partial charge in [0.25, 0.3) is 5.91 Å². The summed E-state index contributed by atoms with van der Waals surface area (Å²) in [5.74, 6) is 0.354. The lowest BCUT2D eigenvalue weighted by Crippen LogP contribution is -2.23. The van der Waals surface area contributed by atoms with Gasteiger partial charge >= 0.3 is 0 Å². The molecule has 146 valence electrons. The van der Waals surface area contributed by atoms with E-state index in [1.54, 1.807) is 23.8 Å². The molecule has 4 aromatic rings. The molecule has 4 rings (SSSR count). The minimum absolute atomic E-state index is 0.185. The highest BCUT2D eigenvalue weighted by Crippen LogP contribution is 2.19. The fourth-order valence-electron chi connectivity index (χ4n) is 2.87. The van der Waals surface area contributed by atoms with E-state index >= 15 is 0 Å². The van der Waals surface area contributed by atoms with Crippen LogP contribution in [0, 0.1) is 0 Å². The third-order valence-electron chi connectivity index (χ3n) is 4.32. The Hall–Kier alpha value is -3.45. The molecular formula is C22H20N4O2S. The highest BCUT2D eigenvalue weighted by atomic mass is 32.1. The first-order valence-corrected chi connectivity index (χ1v) is 10.1. The predicted octanol–water partition coefficient (Wildman–Crippen LogP) is 3.90. The number of thiazole rings is 1. The van der Waals surface area contributed by atoms with Crippen LogP contribution < -0.4 is 10.1 Å². The van der Waals surface area contributed by atoms with Crippen molar-refractivity contribution in [3.8, 4) is 5.75 Å². The summed E-state index contributed by atoms with van der Waals surface area (Å²) in [6, 6.07) is 17.3. The fraction of sp³-hybridized carbons (Fsp3) is 0.136. The number of hydrogen-bond acceptors (Lipinski definition) is 5. The lowest BCUT2D eigenvalue weighted by molar-refractivity contribution is 0.0946. The van der Waals surface area contributed by atoms with Crippen molar-refractivity contribution >= 4 is 17.2 Å². The zero-order valence-corrected chi connectivity index (χ0v) is 16.5. The van der Waals surface area contributed by atoms with Crippen LogP contribution in [-0.4, -0.2) is 20.7 Å². The molecule has 0 radical (unpaired) electrons. The normalized spacial score (nSPS) is 10.6. The Morgan fingerprint density at radius 1 is 1.07 bits per heavy atom. The average molecular weight is 404 g/mol. The van der Waals surface area contributed by atoms with Crippen molar-refractivity contribution < 1.29 is 9.53 Å². The molecule has 6 nitrogen and oxygen atoms in total. The van der Waals surface area contributed by atoms with Crippen LogP contribution in [0.3, 0.4) is 0 Å². The lowest BCUT2D eigenvalue weighted by Gasteiger charge is -2.10. The Bertz CT molecular complexity index is 1060. The Kier molecular flexibility index (Phi) is 5.97. The number of amides is 1. The number of carbonyl (C=O) groups is 1. The summed E-state index contributed by atoms with van der Waals surface area (Å²) < 4.78 is 7.65. The number of rotatable bonds is 8. The number of nitrogens with one attached hydrogen (secondary N) is 1. The zero-order chi connectivity index (χ0) is 19.9. The smallest absolute Gasteiger partial charge is 0.255 e. The number of carbonyl (C=O) groups excluding carboxylic acids is 1. The van der Waals surface area contributed by atoms with Crippen molar-refractivity contribution in [3.63, 3.8) is 0 Å². The molecule has 0 aliphatic rings. The minimum Gasteiger partial charge on any atom is -0.486 e. The predicted molar refractivity (Wildman–Crippen MR) is 112 cm³/mol. The van der Waals surface area contributed by atoms with E-state index in [9.17, 15) is 4.79 Å². The summed E-state index contributed by atoms with van der Waals surface area (Å²) in [5, 5.41) is 9.24. The van der Waals surface area contributed by atoms with E-state index in [4.69, 9.17) is 4.74 Å². The average Bonchev–Trinajstić information content (AvgIpc) is 3.43. The molecule has 0 saturated carbocycles. The third-order valence-corrected chi connectivity index (χ3v) is 4.95. The van der Waals surface area contributed by atoms with E-state index in [1.807, 2.05) is 46.6 Å². The highest BCUT2D eigenvalue weighted by molar-refractivity contribution is 7.07. The summed E-state index contributed by atoms with van der Waals surface area (Å²) in [7, 11) is 0. The summed E-state index contributed by atoms with van der Waals surface area (Å²) in [5.41, 5.74) is 5.22. The molecule has 0 bridgehead atoms. The molecule has 0 spiro atoms. The summed E-state index contributed by atoms with van der Waals surface area (Å²) >= 11 is 1.51. The molecule has 0 unspecified atom stereocenters. The first-order valence-electron chi connectivity index (χ1n) is 9.20. The van der Waals surface area contributed by atoms with E-state index in [1.165, 1.54) is 16.9 Å². The molecule has 0 saturated heterocycles. The SMILES string of the molecule is O=C(NCc1cnn(Cc2ccccc2)c1)c1ccccc1OCc1cscn1. The highest BCUT2D eigenvalue weighted by Gasteiger charge is 2.13. The molecule has 1 N–H and O–H groups in total. The third kappa shape index (κ3) is 5.08. The van der Waals surface area contributed by atoms with Gasteiger partial charge in [0.1, 0.15) is 12.4 Å². The second kappa shape index (κ2) is 9.16. The van der Waals surface area contributed by atoms with Crippen LogP contribution in [0.4, 0.5) is 0 Å². The number of aromatic nitrogens is 3. The first-order chi connectivity index (χ1) is 14.3. The molecule has 2 aromatic carbocycles. The van der Waals surface area contributed by atoms with Crippen molar-refractivity contribution in [1.82, 2.24) is 20.1 Å². The number of nitrogens with zero attached hydrogens (tertiary/aromatic N) is 3. The van der Waals surface area contributed by atoms with Crippen LogP contribution in [0.25, 0.3) is 0 Å². The Morgan fingerprint density at radius 3 is 2.72 bits per heavy atom. The maximum atomic E-state index is 12.7. The van der Waals surface area contributed by atoms with Crippen LogP contribution in [-0.2, 0) is 19.7 Å². The van der Waals surface area contributed by atoms with Gasteiger partial charge in [-0.2, -0.15) is 5.10 Å². The van der Waals surface area contributed by atoms with Crippen molar-refractivity contribution in [3.05, 3.63) is 100 Å². The molecule has 1 amide bonds. The second-order valence-electron chi connectivity index (χ2n) is 6.48. The topological polar surface area (TPSA) is 69.0 Å². The summed E-state index contributed by atoms with van der Waals surface area (Å²) in [4.78, 5) is 16.9. The van der Waals surface area contributed by atoms with Crippen LogP contribution >= 0.6 is 11.3 Å². The van der Waals surface area contributed by atoms with Crippen LogP contribution in [0.1, 0.15) is 27.2 Å². The zero-order valence-electron chi connectivity index (χ0n) is 15.7. The van der Waals surface area contributed by atoms with E-state index in [0.29, 0.717) is 31.0 Å². The number of benzene rings is 2.